The van der Waals surface area contributed by atoms with E-state index in [1.807, 2.05) is 13.0 Å². The summed E-state index contributed by atoms with van der Waals surface area (Å²) in [5.41, 5.74) is 0.955. The lowest BCUT2D eigenvalue weighted by molar-refractivity contribution is 0.614. The average Bonchev–Trinajstić information content (AvgIpc) is 2.08. The molecule has 0 radical (unpaired) electrons. The summed E-state index contributed by atoms with van der Waals surface area (Å²) in [6.07, 6.45) is 0. The lowest BCUT2D eigenvalue weighted by Crippen LogP contribution is -2.12. The Balaban J connectivity index is 2.78. The van der Waals surface area contributed by atoms with Crippen LogP contribution in [0.1, 0.15) is 12.5 Å². The molecule has 1 N–H and O–H groups in total. The van der Waals surface area contributed by atoms with Gasteiger partial charge in [0.2, 0.25) is 0 Å². The van der Waals surface area contributed by atoms with Crippen LogP contribution in [0.15, 0.2) is 22.7 Å². The number of hydrogen-bond donors (Lipinski definition) is 1. The van der Waals surface area contributed by atoms with Crippen LogP contribution in [-0.2, 0) is 6.54 Å². The molecule has 0 saturated carbocycles. The van der Waals surface area contributed by atoms with Gasteiger partial charge in [-0.25, -0.2) is 4.39 Å². The summed E-state index contributed by atoms with van der Waals surface area (Å²) in [5.74, 6) is -0.203. The van der Waals surface area contributed by atoms with E-state index < -0.39 is 0 Å². The molecule has 1 rings (SSSR count). The summed E-state index contributed by atoms with van der Waals surface area (Å²) < 4.78 is 13.5. The molecule has 3 heteroatoms. The molecule has 1 aromatic carbocycles. The van der Waals surface area contributed by atoms with Gasteiger partial charge in [-0.2, -0.15) is 0 Å². The van der Waals surface area contributed by atoms with Crippen molar-refractivity contribution in [3.63, 3.8) is 0 Å². The van der Waals surface area contributed by atoms with E-state index >= 15 is 0 Å². The highest BCUT2D eigenvalue weighted by molar-refractivity contribution is 9.10. The molecular weight excluding hydrogens is 221 g/mol. The predicted octanol–water partition coefficient (Wildman–Crippen LogP) is 2.70. The molecule has 12 heavy (non-hydrogen) atoms. The third-order valence-electron chi connectivity index (χ3n) is 1.60. The highest BCUT2D eigenvalue weighted by Gasteiger charge is 2.02. The number of halogens is 2. The molecule has 1 aromatic rings. The molecule has 0 heterocycles. The Morgan fingerprint density at radius 1 is 1.50 bits per heavy atom. The van der Waals surface area contributed by atoms with Gasteiger partial charge in [-0.05, 0) is 34.1 Å². The zero-order valence-electron chi connectivity index (χ0n) is 6.90. The van der Waals surface area contributed by atoms with E-state index in [0.29, 0.717) is 11.0 Å². The fourth-order valence-electron chi connectivity index (χ4n) is 0.945. The second kappa shape index (κ2) is 4.58. The standard InChI is InChI=1S/C9H11BrFN/c1-2-12-6-7-4-3-5-8(11)9(7)10/h3-5,12H,2,6H2,1H3. The van der Waals surface area contributed by atoms with Crippen LogP contribution in [0.3, 0.4) is 0 Å². The van der Waals surface area contributed by atoms with E-state index in [2.05, 4.69) is 21.2 Å². The summed E-state index contributed by atoms with van der Waals surface area (Å²) in [6, 6.07) is 5.06. The van der Waals surface area contributed by atoms with E-state index in [4.69, 9.17) is 0 Å². The van der Waals surface area contributed by atoms with E-state index in [9.17, 15) is 4.39 Å². The molecule has 0 aliphatic carbocycles. The second-order valence-electron chi connectivity index (χ2n) is 2.49. The number of benzene rings is 1. The normalized spacial score (nSPS) is 10.2. The maximum absolute atomic E-state index is 12.9. The van der Waals surface area contributed by atoms with Crippen LogP contribution < -0.4 is 5.32 Å². The fourth-order valence-corrected chi connectivity index (χ4v) is 1.35. The van der Waals surface area contributed by atoms with Crippen molar-refractivity contribution in [2.24, 2.45) is 0 Å². The molecule has 0 unspecified atom stereocenters. The van der Waals surface area contributed by atoms with E-state index in [1.54, 1.807) is 6.07 Å². The minimum Gasteiger partial charge on any atom is -0.313 e. The van der Waals surface area contributed by atoms with Crippen LogP contribution in [0, 0.1) is 5.82 Å². The Hall–Kier alpha value is -0.410. The number of nitrogens with one attached hydrogen (secondary N) is 1. The molecule has 0 spiro atoms. The largest absolute Gasteiger partial charge is 0.313 e. The van der Waals surface area contributed by atoms with Gasteiger partial charge in [-0.15, -0.1) is 0 Å². The molecular formula is C9H11BrFN. The third-order valence-corrected chi connectivity index (χ3v) is 2.49. The van der Waals surface area contributed by atoms with Crippen molar-refractivity contribution in [1.29, 1.82) is 0 Å². The van der Waals surface area contributed by atoms with Crippen molar-refractivity contribution in [3.05, 3.63) is 34.1 Å². The van der Waals surface area contributed by atoms with Gasteiger partial charge in [0.1, 0.15) is 5.82 Å². The number of rotatable bonds is 3. The molecule has 0 aliphatic rings. The van der Waals surface area contributed by atoms with Crippen LogP contribution in [0.5, 0.6) is 0 Å². The van der Waals surface area contributed by atoms with Crippen LogP contribution in [0.25, 0.3) is 0 Å². The Morgan fingerprint density at radius 3 is 2.92 bits per heavy atom. The van der Waals surface area contributed by atoms with Gasteiger partial charge in [-0.3, -0.25) is 0 Å². The van der Waals surface area contributed by atoms with Crippen molar-refractivity contribution >= 4 is 15.9 Å². The minimum absolute atomic E-state index is 0.203. The van der Waals surface area contributed by atoms with E-state index in [-0.39, 0.29) is 5.82 Å². The summed E-state index contributed by atoms with van der Waals surface area (Å²) in [6.45, 7) is 3.62. The van der Waals surface area contributed by atoms with Gasteiger partial charge in [0.05, 0.1) is 4.47 Å². The maximum atomic E-state index is 12.9. The Labute approximate surface area is 80.1 Å². The minimum atomic E-state index is -0.203. The second-order valence-corrected chi connectivity index (χ2v) is 3.29. The van der Waals surface area contributed by atoms with Gasteiger partial charge < -0.3 is 5.32 Å². The van der Waals surface area contributed by atoms with Crippen molar-refractivity contribution in [3.8, 4) is 0 Å². The fraction of sp³-hybridized carbons (Fsp3) is 0.333. The molecule has 0 atom stereocenters. The van der Waals surface area contributed by atoms with Crippen LogP contribution >= 0.6 is 15.9 Å². The SMILES string of the molecule is CCNCc1cccc(F)c1Br. The van der Waals surface area contributed by atoms with Crippen LogP contribution in [0.4, 0.5) is 4.39 Å². The molecule has 0 fully saturated rings. The zero-order chi connectivity index (χ0) is 8.97. The molecule has 0 amide bonds. The molecule has 1 nitrogen and oxygen atoms in total. The highest BCUT2D eigenvalue weighted by atomic mass is 79.9. The maximum Gasteiger partial charge on any atom is 0.137 e. The monoisotopic (exact) mass is 231 g/mol. The Kier molecular flexibility index (Phi) is 3.69. The van der Waals surface area contributed by atoms with E-state index in [0.717, 1.165) is 12.1 Å². The van der Waals surface area contributed by atoms with Gasteiger partial charge in [0, 0.05) is 6.54 Å². The van der Waals surface area contributed by atoms with Crippen LogP contribution in [0.2, 0.25) is 0 Å². The first-order valence-corrected chi connectivity index (χ1v) is 4.68. The van der Waals surface area contributed by atoms with Gasteiger partial charge in [-0.1, -0.05) is 19.1 Å². The van der Waals surface area contributed by atoms with Gasteiger partial charge in [0.25, 0.3) is 0 Å². The van der Waals surface area contributed by atoms with E-state index in [1.165, 1.54) is 6.07 Å². The lowest BCUT2D eigenvalue weighted by Gasteiger charge is -2.04. The Morgan fingerprint density at radius 2 is 2.25 bits per heavy atom. The highest BCUT2D eigenvalue weighted by Crippen LogP contribution is 2.19. The van der Waals surface area contributed by atoms with Crippen LogP contribution in [-0.4, -0.2) is 6.54 Å². The van der Waals surface area contributed by atoms with Crippen molar-refractivity contribution in [2.75, 3.05) is 6.54 Å². The Bertz CT molecular complexity index is 263. The summed E-state index contributed by atoms with van der Waals surface area (Å²) in [7, 11) is 0. The van der Waals surface area contributed by atoms with Crippen molar-refractivity contribution in [1.82, 2.24) is 5.32 Å². The molecule has 0 aromatic heterocycles. The molecule has 0 aliphatic heterocycles. The zero-order valence-corrected chi connectivity index (χ0v) is 8.49. The molecule has 66 valence electrons. The number of hydrogen-bond acceptors (Lipinski definition) is 1. The van der Waals surface area contributed by atoms with Crippen molar-refractivity contribution in [2.45, 2.75) is 13.5 Å². The predicted molar refractivity (Wildman–Crippen MR) is 51.5 cm³/mol. The third kappa shape index (κ3) is 2.29. The molecule has 0 saturated heterocycles. The van der Waals surface area contributed by atoms with Gasteiger partial charge in [0.15, 0.2) is 0 Å². The quantitative estimate of drug-likeness (QED) is 0.844. The topological polar surface area (TPSA) is 12.0 Å². The molecule has 0 bridgehead atoms. The lowest BCUT2D eigenvalue weighted by atomic mass is 10.2. The first kappa shape index (κ1) is 9.68. The summed E-state index contributed by atoms with van der Waals surface area (Å²) in [4.78, 5) is 0. The first-order chi connectivity index (χ1) is 5.75. The smallest absolute Gasteiger partial charge is 0.137 e. The average molecular weight is 232 g/mol. The van der Waals surface area contributed by atoms with Gasteiger partial charge >= 0.3 is 0 Å². The summed E-state index contributed by atoms with van der Waals surface area (Å²) >= 11 is 3.20. The first-order valence-electron chi connectivity index (χ1n) is 3.89. The summed E-state index contributed by atoms with van der Waals surface area (Å²) in [5, 5.41) is 3.14. The van der Waals surface area contributed by atoms with Crippen molar-refractivity contribution < 1.29 is 4.39 Å².